The van der Waals surface area contributed by atoms with Gasteiger partial charge in [0.05, 0.1) is 0 Å². The van der Waals surface area contributed by atoms with E-state index in [0.29, 0.717) is 0 Å². The Morgan fingerprint density at radius 2 is 1.25 bits per heavy atom. The first-order chi connectivity index (χ1) is 4.97. The van der Waals surface area contributed by atoms with Crippen LogP contribution in [0.25, 0.3) is 0 Å². The normalized spacial score (nSPS) is 11.2. The van der Waals surface area contributed by atoms with Gasteiger partial charge in [-0.1, -0.05) is 0 Å². The summed E-state index contributed by atoms with van der Waals surface area (Å²) >= 11 is 2.03. The van der Waals surface area contributed by atoms with Gasteiger partial charge in [0.2, 0.25) is 0 Å². The quantitative estimate of drug-likeness (QED) is 0.551. The molecule has 0 bridgehead atoms. The molecule has 3 N–H and O–H groups in total. The molecule has 0 aliphatic carbocycles. The Morgan fingerprint density at radius 1 is 1.00 bits per heavy atom. The molecule has 85 valence electrons. The maximum atomic E-state index is 8.08. The molecule has 0 aromatic heterocycles. The topological polar surface area (TPSA) is 60.7 Å². The monoisotopic (exact) mass is 313 g/mol. The molecule has 0 saturated heterocycles. The van der Waals surface area contributed by atoms with Gasteiger partial charge in [0.25, 0.3) is 0 Å². The van der Waals surface area contributed by atoms with Gasteiger partial charge in [0.15, 0.2) is 0 Å². The fraction of sp³-hybridized carbons (Fsp3) is 1.00. The van der Waals surface area contributed by atoms with Crippen LogP contribution in [0.2, 0.25) is 10.6 Å². The molecule has 0 fully saturated rings. The van der Waals surface area contributed by atoms with Crippen molar-refractivity contribution in [2.75, 3.05) is 6.16 Å². The van der Waals surface area contributed by atoms with E-state index in [1.807, 2.05) is 15.0 Å². The minimum absolute atomic E-state index is 0. The molecule has 0 aromatic carbocycles. The summed E-state index contributed by atoms with van der Waals surface area (Å²) in [6, 6.07) is 0. The number of rotatable bonds is 3. The maximum absolute atomic E-state index is 8.08. The van der Waals surface area contributed by atoms with Gasteiger partial charge in [-0.15, -0.1) is 17.0 Å². The minimum atomic E-state index is -3.63. The number of hydrogen-bond acceptors (Lipinski definition) is 3. The molecule has 0 aliphatic heterocycles. The third kappa shape index (κ3) is 30.2. The van der Waals surface area contributed by atoms with Crippen LogP contribution in [0.4, 0.5) is 0 Å². The van der Waals surface area contributed by atoms with Crippen LogP contribution < -0.4 is 0 Å². The van der Waals surface area contributed by atoms with Crippen molar-refractivity contribution in [2.45, 2.75) is 31.4 Å². The molecular weight excluding hydrogens is 294 g/mol. The fourth-order valence-corrected chi connectivity index (χ4v) is 0.622. The van der Waals surface area contributed by atoms with Crippen LogP contribution in [-0.4, -0.2) is 20.8 Å². The van der Waals surface area contributed by atoms with Gasteiger partial charge in [-0.25, -0.2) is 0 Å². The SMILES string of the molecule is Br.CC[PH](O)(O)O.C[CH2][Cu][CH2]C. The summed E-state index contributed by atoms with van der Waals surface area (Å²) in [6.07, 6.45) is 0.0764. The van der Waals surface area contributed by atoms with E-state index in [0.717, 1.165) is 0 Å². The Kier molecular flexibility index (Phi) is 19.5. The summed E-state index contributed by atoms with van der Waals surface area (Å²) in [7, 11) is -3.63. The van der Waals surface area contributed by atoms with E-state index >= 15 is 0 Å². The summed E-state index contributed by atoms with van der Waals surface area (Å²) in [5.41, 5.74) is 0. The predicted octanol–water partition coefficient (Wildman–Crippen LogP) is 2.00. The first-order valence-corrected chi connectivity index (χ1v) is 6.95. The third-order valence-electron chi connectivity index (χ3n) is 0.776. The molecule has 0 aromatic rings. The second kappa shape index (κ2) is 12.3. The molecule has 6 heteroatoms. The van der Waals surface area contributed by atoms with Crippen molar-refractivity contribution in [3.8, 4) is 0 Å². The second-order valence-corrected chi connectivity index (χ2v) is 5.76. The van der Waals surface area contributed by atoms with E-state index in [-0.39, 0.29) is 23.1 Å². The van der Waals surface area contributed by atoms with Crippen LogP contribution in [0, 0.1) is 0 Å². The fourth-order valence-electron chi connectivity index (χ4n) is 0.151. The van der Waals surface area contributed by atoms with Gasteiger partial charge < -0.3 is 0 Å². The van der Waals surface area contributed by atoms with Gasteiger partial charge in [0.1, 0.15) is 0 Å². The van der Waals surface area contributed by atoms with Crippen LogP contribution in [0.15, 0.2) is 0 Å². The van der Waals surface area contributed by atoms with Gasteiger partial charge in [0, 0.05) is 0 Å². The molecule has 0 unspecified atom stereocenters. The number of hydrogen-bond donors (Lipinski definition) is 3. The predicted molar refractivity (Wildman–Crippen MR) is 56.8 cm³/mol. The molecule has 0 rings (SSSR count). The van der Waals surface area contributed by atoms with Gasteiger partial charge in [-0.3, -0.25) is 0 Å². The zero-order valence-corrected chi connectivity index (χ0v) is 11.3. The first kappa shape index (κ1) is 19.0. The van der Waals surface area contributed by atoms with Gasteiger partial charge >= 0.3 is 75.2 Å². The van der Waals surface area contributed by atoms with Crippen LogP contribution in [0.5, 0.6) is 0 Å². The Morgan fingerprint density at radius 3 is 1.25 bits per heavy atom. The van der Waals surface area contributed by atoms with Crippen LogP contribution in [0.3, 0.4) is 0 Å². The molecule has 12 heavy (non-hydrogen) atoms. The van der Waals surface area contributed by atoms with E-state index in [1.165, 1.54) is 17.6 Å². The second-order valence-electron chi connectivity index (χ2n) is 1.71. The Labute approximate surface area is 92.1 Å². The number of halogens is 1. The Hall–Kier alpha value is 1.31. The van der Waals surface area contributed by atoms with Crippen molar-refractivity contribution in [2.24, 2.45) is 0 Å². The van der Waals surface area contributed by atoms with Gasteiger partial charge in [-0.2, -0.15) is 0 Å². The average molecular weight is 315 g/mol. The summed E-state index contributed by atoms with van der Waals surface area (Å²) in [4.78, 5) is 24.2. The Bertz CT molecular complexity index is 77.7. The van der Waals surface area contributed by atoms with Crippen molar-refractivity contribution >= 4 is 24.9 Å². The standard InChI is InChI=1S/C2H9O3P.2C2H5.BrH.Cu/c1-2-6(3,4)5;2*1-2;;/h3-6H,2H2,1H3;2*1H2,2H3;1H;. The Balaban J connectivity index is -0.000000126. The van der Waals surface area contributed by atoms with E-state index in [9.17, 15) is 0 Å². The van der Waals surface area contributed by atoms with Crippen molar-refractivity contribution in [3.63, 3.8) is 0 Å². The van der Waals surface area contributed by atoms with Gasteiger partial charge in [-0.05, 0) is 0 Å². The first-order valence-electron chi connectivity index (χ1n) is 3.57. The molecule has 0 saturated carbocycles. The molecule has 3 nitrogen and oxygen atoms in total. The van der Waals surface area contributed by atoms with Crippen LogP contribution in [-0.2, 0) is 15.0 Å². The zero-order valence-electron chi connectivity index (χ0n) is 7.67. The molecule has 0 radical (unpaired) electrons. The average Bonchev–Trinajstić information content (AvgIpc) is 1.90. The third-order valence-corrected chi connectivity index (χ3v) is 2.67. The van der Waals surface area contributed by atoms with Crippen molar-refractivity contribution < 1.29 is 29.6 Å². The summed E-state index contributed by atoms with van der Waals surface area (Å²) in [5, 5.41) is 2.50. The van der Waals surface area contributed by atoms with Crippen LogP contribution >= 0.6 is 24.9 Å². The van der Waals surface area contributed by atoms with E-state index in [1.54, 1.807) is 0 Å². The van der Waals surface area contributed by atoms with E-state index < -0.39 is 7.94 Å². The molecule has 0 heterocycles. The van der Waals surface area contributed by atoms with E-state index in [4.69, 9.17) is 14.7 Å². The van der Waals surface area contributed by atoms with Crippen molar-refractivity contribution in [1.29, 1.82) is 0 Å². The zero-order chi connectivity index (χ0) is 9.33. The molecule has 0 spiro atoms. The van der Waals surface area contributed by atoms with Crippen molar-refractivity contribution in [1.82, 2.24) is 0 Å². The molecular formula is C6H20BrCuO3P. The van der Waals surface area contributed by atoms with Crippen LogP contribution in [0.1, 0.15) is 20.8 Å². The van der Waals surface area contributed by atoms with E-state index in [2.05, 4.69) is 13.8 Å². The summed E-state index contributed by atoms with van der Waals surface area (Å²) < 4.78 is 0. The summed E-state index contributed by atoms with van der Waals surface area (Å²) in [6.45, 7) is 5.86. The summed E-state index contributed by atoms with van der Waals surface area (Å²) in [5.74, 6) is 0. The molecule has 0 aliphatic rings. The molecule has 0 atom stereocenters. The molecule has 0 amide bonds. The van der Waals surface area contributed by atoms with Crippen molar-refractivity contribution in [3.05, 3.63) is 0 Å².